The smallest absolute Gasteiger partial charge is 0.121 e. The molecule has 1 aromatic rings. The number of fused-ring (bicyclic) bond motifs is 2. The van der Waals surface area contributed by atoms with E-state index in [4.69, 9.17) is 4.74 Å². The SMILES string of the molecule is CCOc1cccc(NC2CC3CCC2C3)c1. The van der Waals surface area contributed by atoms with Crippen molar-refractivity contribution in [2.45, 2.75) is 38.6 Å². The first-order valence-electron chi connectivity index (χ1n) is 6.84. The highest BCUT2D eigenvalue weighted by Gasteiger charge is 2.39. The Morgan fingerprint density at radius 1 is 1.29 bits per heavy atom. The molecule has 0 aromatic heterocycles. The van der Waals surface area contributed by atoms with E-state index in [9.17, 15) is 0 Å². The van der Waals surface area contributed by atoms with Crippen LogP contribution in [0.3, 0.4) is 0 Å². The third kappa shape index (κ3) is 2.26. The van der Waals surface area contributed by atoms with Crippen molar-refractivity contribution in [2.75, 3.05) is 11.9 Å². The number of rotatable bonds is 4. The fraction of sp³-hybridized carbons (Fsp3) is 0.600. The predicted molar refractivity (Wildman–Crippen MR) is 70.5 cm³/mol. The van der Waals surface area contributed by atoms with Gasteiger partial charge in [0, 0.05) is 17.8 Å². The third-order valence-corrected chi connectivity index (χ3v) is 4.24. The van der Waals surface area contributed by atoms with E-state index in [0.29, 0.717) is 6.04 Å². The number of benzene rings is 1. The predicted octanol–water partition coefficient (Wildman–Crippen LogP) is 3.69. The maximum absolute atomic E-state index is 5.53. The zero-order valence-corrected chi connectivity index (χ0v) is 10.5. The minimum Gasteiger partial charge on any atom is -0.494 e. The quantitative estimate of drug-likeness (QED) is 0.853. The number of hydrogen-bond acceptors (Lipinski definition) is 2. The molecule has 0 amide bonds. The average Bonchev–Trinajstić information content (AvgIpc) is 2.92. The summed E-state index contributed by atoms with van der Waals surface area (Å²) in [6.45, 7) is 2.76. The zero-order valence-electron chi connectivity index (χ0n) is 10.5. The summed E-state index contributed by atoms with van der Waals surface area (Å²) in [6.07, 6.45) is 5.70. The number of hydrogen-bond donors (Lipinski definition) is 1. The lowest BCUT2D eigenvalue weighted by atomic mass is 9.95. The van der Waals surface area contributed by atoms with Crippen LogP contribution in [-0.2, 0) is 0 Å². The van der Waals surface area contributed by atoms with Crippen LogP contribution in [0.5, 0.6) is 5.75 Å². The van der Waals surface area contributed by atoms with Gasteiger partial charge in [0.2, 0.25) is 0 Å². The van der Waals surface area contributed by atoms with Crippen LogP contribution >= 0.6 is 0 Å². The van der Waals surface area contributed by atoms with Gasteiger partial charge in [-0.3, -0.25) is 0 Å². The minimum absolute atomic E-state index is 0.700. The molecule has 0 radical (unpaired) electrons. The van der Waals surface area contributed by atoms with Crippen molar-refractivity contribution in [3.8, 4) is 5.75 Å². The van der Waals surface area contributed by atoms with Crippen LogP contribution in [0.2, 0.25) is 0 Å². The molecule has 2 saturated carbocycles. The van der Waals surface area contributed by atoms with Crippen LogP contribution < -0.4 is 10.1 Å². The molecule has 2 aliphatic carbocycles. The first-order chi connectivity index (χ1) is 8.35. The second-order valence-electron chi connectivity index (χ2n) is 5.39. The largest absolute Gasteiger partial charge is 0.494 e. The molecular formula is C15H21NO. The van der Waals surface area contributed by atoms with Gasteiger partial charge in [-0.15, -0.1) is 0 Å². The summed E-state index contributed by atoms with van der Waals surface area (Å²) in [6, 6.07) is 9.06. The van der Waals surface area contributed by atoms with E-state index in [0.717, 1.165) is 24.2 Å². The van der Waals surface area contributed by atoms with Gasteiger partial charge in [0.1, 0.15) is 5.75 Å². The van der Waals surface area contributed by atoms with E-state index < -0.39 is 0 Å². The summed E-state index contributed by atoms with van der Waals surface area (Å²) in [5.74, 6) is 2.88. The van der Waals surface area contributed by atoms with Crippen molar-refractivity contribution >= 4 is 5.69 Å². The van der Waals surface area contributed by atoms with Crippen molar-refractivity contribution in [3.63, 3.8) is 0 Å². The molecule has 17 heavy (non-hydrogen) atoms. The molecule has 2 heteroatoms. The average molecular weight is 231 g/mol. The lowest BCUT2D eigenvalue weighted by molar-refractivity contribution is 0.340. The van der Waals surface area contributed by atoms with Crippen molar-refractivity contribution in [3.05, 3.63) is 24.3 Å². The van der Waals surface area contributed by atoms with Gasteiger partial charge in [-0.05, 0) is 50.2 Å². The second-order valence-corrected chi connectivity index (χ2v) is 5.39. The highest BCUT2D eigenvalue weighted by Crippen LogP contribution is 2.45. The standard InChI is InChI=1S/C15H21NO/c1-2-17-14-5-3-4-13(10-14)16-15-9-11-6-7-12(15)8-11/h3-5,10-12,15-16H,2,6-9H2,1H3. The van der Waals surface area contributed by atoms with Crippen molar-refractivity contribution < 1.29 is 4.74 Å². The molecule has 0 saturated heterocycles. The van der Waals surface area contributed by atoms with Crippen molar-refractivity contribution in [1.82, 2.24) is 0 Å². The van der Waals surface area contributed by atoms with Gasteiger partial charge >= 0.3 is 0 Å². The highest BCUT2D eigenvalue weighted by molar-refractivity contribution is 5.49. The third-order valence-electron chi connectivity index (χ3n) is 4.24. The zero-order chi connectivity index (χ0) is 11.7. The number of ether oxygens (including phenoxy) is 1. The van der Waals surface area contributed by atoms with Crippen LogP contribution in [-0.4, -0.2) is 12.6 Å². The van der Waals surface area contributed by atoms with Gasteiger partial charge < -0.3 is 10.1 Å². The number of nitrogens with one attached hydrogen (secondary N) is 1. The highest BCUT2D eigenvalue weighted by atomic mass is 16.5. The van der Waals surface area contributed by atoms with Gasteiger partial charge in [0.15, 0.2) is 0 Å². The van der Waals surface area contributed by atoms with E-state index >= 15 is 0 Å². The maximum Gasteiger partial charge on any atom is 0.121 e. The van der Waals surface area contributed by atoms with Crippen LogP contribution in [0.25, 0.3) is 0 Å². The molecule has 1 aromatic carbocycles. The summed E-state index contributed by atoms with van der Waals surface area (Å²) < 4.78 is 5.53. The summed E-state index contributed by atoms with van der Waals surface area (Å²) in [4.78, 5) is 0. The Bertz CT molecular complexity index is 390. The molecule has 3 atom stereocenters. The summed E-state index contributed by atoms with van der Waals surface area (Å²) in [5.41, 5.74) is 1.22. The molecule has 2 aliphatic rings. The molecule has 2 bridgehead atoms. The van der Waals surface area contributed by atoms with Gasteiger partial charge in [0.25, 0.3) is 0 Å². The Morgan fingerprint density at radius 2 is 2.24 bits per heavy atom. The van der Waals surface area contributed by atoms with E-state index in [1.54, 1.807) is 0 Å². The normalized spacial score (nSPS) is 30.5. The minimum atomic E-state index is 0.700. The maximum atomic E-state index is 5.53. The van der Waals surface area contributed by atoms with Crippen molar-refractivity contribution in [1.29, 1.82) is 0 Å². The molecule has 3 unspecified atom stereocenters. The van der Waals surface area contributed by atoms with Gasteiger partial charge in [0.05, 0.1) is 6.61 Å². The monoisotopic (exact) mass is 231 g/mol. The van der Waals surface area contributed by atoms with E-state index in [1.807, 2.05) is 13.0 Å². The molecule has 3 rings (SSSR count). The van der Waals surface area contributed by atoms with E-state index in [2.05, 4.69) is 23.5 Å². The fourth-order valence-electron chi connectivity index (χ4n) is 3.48. The number of anilines is 1. The molecule has 2 nitrogen and oxygen atoms in total. The Balaban J connectivity index is 1.66. The molecule has 2 fully saturated rings. The second kappa shape index (κ2) is 4.59. The van der Waals surface area contributed by atoms with Crippen LogP contribution in [0.15, 0.2) is 24.3 Å². The topological polar surface area (TPSA) is 21.3 Å². The first-order valence-corrected chi connectivity index (χ1v) is 6.84. The molecule has 0 spiro atoms. The Morgan fingerprint density at radius 3 is 2.94 bits per heavy atom. The Labute approximate surface area is 103 Å². The van der Waals surface area contributed by atoms with Gasteiger partial charge in [-0.2, -0.15) is 0 Å². The van der Waals surface area contributed by atoms with E-state index in [1.165, 1.54) is 31.4 Å². The Kier molecular flexibility index (Phi) is 2.96. The van der Waals surface area contributed by atoms with Crippen LogP contribution in [0.4, 0.5) is 5.69 Å². The molecule has 0 aliphatic heterocycles. The molecule has 0 heterocycles. The summed E-state index contributed by atoms with van der Waals surface area (Å²) in [7, 11) is 0. The fourth-order valence-corrected chi connectivity index (χ4v) is 3.48. The van der Waals surface area contributed by atoms with E-state index in [-0.39, 0.29) is 0 Å². The van der Waals surface area contributed by atoms with Crippen LogP contribution in [0, 0.1) is 11.8 Å². The molecule has 92 valence electrons. The van der Waals surface area contributed by atoms with Crippen LogP contribution in [0.1, 0.15) is 32.6 Å². The van der Waals surface area contributed by atoms with Gasteiger partial charge in [-0.25, -0.2) is 0 Å². The lowest BCUT2D eigenvalue weighted by Crippen LogP contribution is -2.25. The molecular weight excluding hydrogens is 210 g/mol. The summed E-state index contributed by atoms with van der Waals surface area (Å²) in [5, 5.41) is 3.69. The molecule has 1 N–H and O–H groups in total. The van der Waals surface area contributed by atoms with Gasteiger partial charge in [-0.1, -0.05) is 12.5 Å². The summed E-state index contributed by atoms with van der Waals surface area (Å²) >= 11 is 0. The Hall–Kier alpha value is -1.18. The first kappa shape index (κ1) is 10.9. The van der Waals surface area contributed by atoms with Crippen molar-refractivity contribution in [2.24, 2.45) is 11.8 Å². The lowest BCUT2D eigenvalue weighted by Gasteiger charge is -2.24.